The molecule has 1 heterocycles. The minimum atomic E-state index is -3.94. The molecule has 30 heavy (non-hydrogen) atoms. The van der Waals surface area contributed by atoms with Crippen LogP contribution in [-0.4, -0.2) is 20.4 Å². The number of hydrogen-bond donors (Lipinski definition) is 1. The van der Waals surface area contributed by atoms with Crippen molar-refractivity contribution in [3.63, 3.8) is 0 Å². The molecule has 0 aromatic heterocycles. The van der Waals surface area contributed by atoms with Crippen molar-refractivity contribution in [3.8, 4) is 0 Å². The number of carbonyl (C=O) groups excluding carboxylic acids is 1. The van der Waals surface area contributed by atoms with E-state index in [-0.39, 0.29) is 22.5 Å². The molecule has 1 atom stereocenters. The Hall–Kier alpha value is -3.19. The molecule has 0 radical (unpaired) electrons. The van der Waals surface area contributed by atoms with E-state index < -0.39 is 15.8 Å². The molecule has 1 N–H and O–H groups in total. The third-order valence-corrected chi connectivity index (χ3v) is 6.65. The first-order valence-electron chi connectivity index (χ1n) is 9.57. The topological polar surface area (TPSA) is 66.5 Å². The van der Waals surface area contributed by atoms with Crippen LogP contribution in [0.15, 0.2) is 71.6 Å². The number of fused-ring (bicyclic) bond motifs is 1. The van der Waals surface area contributed by atoms with E-state index in [9.17, 15) is 17.6 Å². The van der Waals surface area contributed by atoms with Gasteiger partial charge in [-0.25, -0.2) is 12.8 Å². The van der Waals surface area contributed by atoms with E-state index in [0.717, 1.165) is 17.7 Å². The molecule has 3 aromatic carbocycles. The second-order valence-electron chi connectivity index (χ2n) is 7.45. The summed E-state index contributed by atoms with van der Waals surface area (Å²) in [6, 6.07) is 17.2. The smallest absolute Gasteiger partial charge is 0.261 e. The Bertz CT molecular complexity index is 1220. The van der Waals surface area contributed by atoms with Crippen molar-refractivity contribution in [2.75, 3.05) is 9.62 Å². The van der Waals surface area contributed by atoms with Gasteiger partial charge < -0.3 is 4.90 Å². The highest BCUT2D eigenvalue weighted by atomic mass is 32.2. The lowest BCUT2D eigenvalue weighted by molar-refractivity contribution is 0.0980. The summed E-state index contributed by atoms with van der Waals surface area (Å²) in [5.41, 5.74) is 3.22. The fourth-order valence-electron chi connectivity index (χ4n) is 3.74. The van der Waals surface area contributed by atoms with Gasteiger partial charge in [0.15, 0.2) is 0 Å². The third-order valence-electron chi connectivity index (χ3n) is 5.27. The second-order valence-corrected chi connectivity index (χ2v) is 9.13. The minimum absolute atomic E-state index is 0.0214. The Labute approximate surface area is 175 Å². The van der Waals surface area contributed by atoms with Crippen molar-refractivity contribution in [1.82, 2.24) is 0 Å². The standard InChI is InChI=1S/C23H21FN2O3S/c1-15-7-12-20(30(28,29)25-19-10-8-18(24)9-11-19)14-21(15)23(27)26-16(2)13-17-5-3-4-6-22(17)26/h3-12,14,16,25H,13H2,1-2H3/t16-/m1/s1. The van der Waals surface area contributed by atoms with Crippen molar-refractivity contribution in [3.05, 3.63) is 89.2 Å². The first-order valence-corrected chi connectivity index (χ1v) is 11.0. The van der Waals surface area contributed by atoms with Crippen LogP contribution >= 0.6 is 0 Å². The van der Waals surface area contributed by atoms with Crippen LogP contribution in [-0.2, 0) is 16.4 Å². The zero-order valence-electron chi connectivity index (χ0n) is 16.6. The number of nitrogens with one attached hydrogen (secondary N) is 1. The van der Waals surface area contributed by atoms with Crippen LogP contribution in [0.5, 0.6) is 0 Å². The van der Waals surface area contributed by atoms with Crippen LogP contribution in [0.25, 0.3) is 0 Å². The lowest BCUT2D eigenvalue weighted by Gasteiger charge is -2.24. The fourth-order valence-corrected chi connectivity index (χ4v) is 4.82. The van der Waals surface area contributed by atoms with Crippen LogP contribution in [0.4, 0.5) is 15.8 Å². The average Bonchev–Trinajstić information content (AvgIpc) is 3.05. The van der Waals surface area contributed by atoms with Gasteiger partial charge in [0.25, 0.3) is 15.9 Å². The van der Waals surface area contributed by atoms with Crippen molar-refractivity contribution in [2.45, 2.75) is 31.2 Å². The number of para-hydroxylation sites is 1. The van der Waals surface area contributed by atoms with Crippen molar-refractivity contribution in [2.24, 2.45) is 0 Å². The van der Waals surface area contributed by atoms with Gasteiger partial charge in [0.2, 0.25) is 0 Å². The molecule has 0 spiro atoms. The number of aryl methyl sites for hydroxylation is 1. The van der Waals surface area contributed by atoms with E-state index in [1.807, 2.05) is 31.2 Å². The van der Waals surface area contributed by atoms with Crippen LogP contribution in [0.3, 0.4) is 0 Å². The van der Waals surface area contributed by atoms with Crippen molar-refractivity contribution in [1.29, 1.82) is 0 Å². The first kappa shape index (κ1) is 20.1. The van der Waals surface area contributed by atoms with Crippen LogP contribution in [0, 0.1) is 12.7 Å². The summed E-state index contributed by atoms with van der Waals surface area (Å²) in [4.78, 5) is 15.1. The molecule has 4 rings (SSSR count). The van der Waals surface area contributed by atoms with E-state index in [1.54, 1.807) is 17.9 Å². The molecule has 1 aliphatic rings. The number of anilines is 2. The number of rotatable bonds is 4. The summed E-state index contributed by atoms with van der Waals surface area (Å²) in [6.45, 7) is 3.76. The summed E-state index contributed by atoms with van der Waals surface area (Å²) in [5.74, 6) is -0.690. The molecule has 7 heteroatoms. The van der Waals surface area contributed by atoms with E-state index in [0.29, 0.717) is 11.1 Å². The van der Waals surface area contributed by atoms with Gasteiger partial charge in [-0.3, -0.25) is 9.52 Å². The Morgan fingerprint density at radius 3 is 2.50 bits per heavy atom. The highest BCUT2D eigenvalue weighted by Gasteiger charge is 2.32. The molecule has 5 nitrogen and oxygen atoms in total. The summed E-state index contributed by atoms with van der Waals surface area (Å²) in [5, 5.41) is 0. The minimum Gasteiger partial charge on any atom is -0.305 e. The van der Waals surface area contributed by atoms with E-state index in [1.165, 1.54) is 36.4 Å². The van der Waals surface area contributed by atoms with Crippen LogP contribution in [0.1, 0.15) is 28.4 Å². The molecule has 0 unspecified atom stereocenters. The maximum Gasteiger partial charge on any atom is 0.261 e. The molecule has 1 amide bonds. The number of benzene rings is 3. The van der Waals surface area contributed by atoms with Gasteiger partial charge in [0, 0.05) is 23.0 Å². The van der Waals surface area contributed by atoms with Crippen molar-refractivity contribution < 1.29 is 17.6 Å². The summed E-state index contributed by atoms with van der Waals surface area (Å²) < 4.78 is 41.2. The predicted octanol–water partition coefficient (Wildman–Crippen LogP) is 4.53. The number of nitrogens with zero attached hydrogens (tertiary/aromatic N) is 1. The summed E-state index contributed by atoms with van der Waals surface area (Å²) >= 11 is 0. The number of amides is 1. The highest BCUT2D eigenvalue weighted by molar-refractivity contribution is 7.92. The molecule has 0 saturated carbocycles. The molecule has 0 bridgehead atoms. The zero-order valence-corrected chi connectivity index (χ0v) is 17.4. The van der Waals surface area contributed by atoms with Gasteiger partial charge in [-0.2, -0.15) is 0 Å². The maximum absolute atomic E-state index is 13.4. The number of sulfonamides is 1. The average molecular weight is 424 g/mol. The fraction of sp³-hybridized carbons (Fsp3) is 0.174. The Kier molecular flexibility index (Phi) is 5.07. The van der Waals surface area contributed by atoms with Gasteiger partial charge >= 0.3 is 0 Å². The normalized spacial score (nSPS) is 15.7. The van der Waals surface area contributed by atoms with Gasteiger partial charge in [-0.15, -0.1) is 0 Å². The Morgan fingerprint density at radius 2 is 1.77 bits per heavy atom. The van der Waals surface area contributed by atoms with Crippen LogP contribution < -0.4 is 9.62 Å². The second kappa shape index (κ2) is 7.57. The lowest BCUT2D eigenvalue weighted by Crippen LogP contribution is -2.36. The highest BCUT2D eigenvalue weighted by Crippen LogP contribution is 2.34. The van der Waals surface area contributed by atoms with Gasteiger partial charge in [-0.1, -0.05) is 24.3 Å². The monoisotopic (exact) mass is 424 g/mol. The summed E-state index contributed by atoms with van der Waals surface area (Å²) in [7, 11) is -3.94. The van der Waals surface area contributed by atoms with Crippen LogP contribution in [0.2, 0.25) is 0 Å². The van der Waals surface area contributed by atoms with E-state index >= 15 is 0 Å². The number of halogens is 1. The predicted molar refractivity (Wildman–Crippen MR) is 115 cm³/mol. The van der Waals surface area contributed by atoms with Gasteiger partial charge in [-0.05, 0) is 73.9 Å². The molecule has 1 aliphatic heterocycles. The lowest BCUT2D eigenvalue weighted by atomic mass is 10.1. The molecular formula is C23H21FN2O3S. The maximum atomic E-state index is 13.4. The third kappa shape index (κ3) is 3.68. The molecule has 154 valence electrons. The number of hydrogen-bond acceptors (Lipinski definition) is 3. The first-order chi connectivity index (χ1) is 14.3. The quantitative estimate of drug-likeness (QED) is 0.669. The van der Waals surface area contributed by atoms with Crippen molar-refractivity contribution >= 4 is 27.3 Å². The zero-order chi connectivity index (χ0) is 21.5. The molecule has 0 aliphatic carbocycles. The summed E-state index contributed by atoms with van der Waals surface area (Å²) in [6.07, 6.45) is 0.755. The SMILES string of the molecule is Cc1ccc(S(=O)(=O)Nc2ccc(F)cc2)cc1C(=O)N1c2ccccc2C[C@H]1C. The molecule has 0 fully saturated rings. The van der Waals surface area contributed by atoms with Gasteiger partial charge in [0.05, 0.1) is 4.90 Å². The Balaban J connectivity index is 1.68. The van der Waals surface area contributed by atoms with Gasteiger partial charge in [0.1, 0.15) is 5.82 Å². The van der Waals surface area contributed by atoms with E-state index in [4.69, 9.17) is 0 Å². The molecule has 0 saturated heterocycles. The largest absolute Gasteiger partial charge is 0.305 e. The molecular weight excluding hydrogens is 403 g/mol. The Morgan fingerprint density at radius 1 is 1.07 bits per heavy atom. The van der Waals surface area contributed by atoms with E-state index in [2.05, 4.69) is 4.72 Å². The molecule has 3 aromatic rings. The number of carbonyl (C=O) groups is 1.